The van der Waals surface area contributed by atoms with Gasteiger partial charge in [-0.2, -0.15) is 0 Å². The van der Waals surface area contributed by atoms with Crippen LogP contribution in [0.15, 0.2) is 65.2 Å². The van der Waals surface area contributed by atoms with Crippen molar-refractivity contribution in [3.05, 3.63) is 76.0 Å². The number of non-ortho nitro benzene ring substituents is 1. The second-order valence-electron chi connectivity index (χ2n) is 8.47. The molecule has 11 heteroatoms. The number of carbonyl (C=O) groups excluding carboxylic acids is 2. The van der Waals surface area contributed by atoms with E-state index >= 15 is 0 Å². The van der Waals surface area contributed by atoms with E-state index in [-0.39, 0.29) is 27.2 Å². The van der Waals surface area contributed by atoms with E-state index in [9.17, 15) is 28.1 Å². The highest BCUT2D eigenvalue weighted by Gasteiger charge is 2.46. The van der Waals surface area contributed by atoms with E-state index in [2.05, 4.69) is 0 Å². The molecule has 3 aromatic rings. The minimum Gasteiger partial charge on any atom is -0.419 e. The van der Waals surface area contributed by atoms with Crippen molar-refractivity contribution >= 4 is 44.6 Å². The molecule has 2 aromatic carbocycles. The number of esters is 2. The zero-order valence-electron chi connectivity index (χ0n) is 18.4. The first-order valence-corrected chi connectivity index (χ1v) is 12.4. The monoisotopic (exact) mass is 496 g/mol. The maximum absolute atomic E-state index is 13.4. The number of fused-ring (bicyclic) bond motifs is 1. The van der Waals surface area contributed by atoms with E-state index in [1.807, 2.05) is 0 Å². The molecule has 1 saturated heterocycles. The van der Waals surface area contributed by atoms with Crippen LogP contribution in [0.3, 0.4) is 0 Å². The fraction of sp³-hybridized carbons (Fsp3) is 0.250. The molecule has 0 atom stereocenters. The van der Waals surface area contributed by atoms with E-state index < -0.39 is 32.7 Å². The average Bonchev–Trinajstić information content (AvgIpc) is 3.21. The summed E-state index contributed by atoms with van der Waals surface area (Å²) in [6.07, 6.45) is 5.93. The topological polar surface area (TPSA) is 135 Å². The molecule has 1 spiro atoms. The van der Waals surface area contributed by atoms with Crippen LogP contribution >= 0.6 is 0 Å². The van der Waals surface area contributed by atoms with Gasteiger partial charge in [-0.1, -0.05) is 30.7 Å². The first kappa shape index (κ1) is 22.8. The fourth-order valence-electron chi connectivity index (χ4n) is 4.48. The molecule has 10 nitrogen and oxygen atoms in total. The highest BCUT2D eigenvalue weighted by molar-refractivity contribution is 7.90. The van der Waals surface area contributed by atoms with Crippen molar-refractivity contribution in [2.24, 2.45) is 0 Å². The third-order valence-corrected chi connectivity index (χ3v) is 7.88. The van der Waals surface area contributed by atoms with E-state index in [1.54, 1.807) is 24.3 Å². The van der Waals surface area contributed by atoms with Gasteiger partial charge in [-0.3, -0.25) is 10.1 Å². The molecule has 2 aliphatic rings. The molecule has 0 N–H and O–H groups in total. The fourth-order valence-corrected chi connectivity index (χ4v) is 5.90. The maximum Gasteiger partial charge on any atom is 0.348 e. The van der Waals surface area contributed by atoms with E-state index in [4.69, 9.17) is 9.47 Å². The number of hydrogen-bond donors (Lipinski definition) is 0. The third-order valence-electron chi connectivity index (χ3n) is 6.21. The van der Waals surface area contributed by atoms with Crippen LogP contribution in [0.5, 0.6) is 0 Å². The number of hydrogen-bond acceptors (Lipinski definition) is 8. The van der Waals surface area contributed by atoms with Crippen molar-refractivity contribution in [2.75, 3.05) is 0 Å². The molecule has 0 unspecified atom stereocenters. The van der Waals surface area contributed by atoms with Crippen molar-refractivity contribution < 1.29 is 32.4 Å². The van der Waals surface area contributed by atoms with Crippen LogP contribution in [0, 0.1) is 10.1 Å². The molecule has 2 heterocycles. The molecular formula is C24H20N2O8S. The highest BCUT2D eigenvalue weighted by Crippen LogP contribution is 2.38. The lowest BCUT2D eigenvalue weighted by atomic mass is 9.93. The van der Waals surface area contributed by atoms with Gasteiger partial charge in [0.2, 0.25) is 0 Å². The SMILES string of the molecule is O=C1OC2(CCCCC2)OC(=O)C1=Cc1cn(S(=O)(=O)c2cccc([N+](=O)[O-])c2)c2ccccc12. The summed E-state index contributed by atoms with van der Waals surface area (Å²) in [5.41, 5.74) is -0.156. The predicted octanol–water partition coefficient (Wildman–Crippen LogP) is 3.93. The lowest BCUT2D eigenvalue weighted by molar-refractivity contribution is -0.385. The number of rotatable bonds is 4. The van der Waals surface area contributed by atoms with Crippen molar-refractivity contribution in [3.8, 4) is 0 Å². The molecule has 0 bridgehead atoms. The number of nitro groups is 1. The largest absolute Gasteiger partial charge is 0.419 e. The Morgan fingerprint density at radius 3 is 2.34 bits per heavy atom. The number of para-hydroxylation sites is 1. The molecule has 2 fully saturated rings. The Bertz CT molecular complexity index is 1490. The van der Waals surface area contributed by atoms with E-state index in [0.29, 0.717) is 18.2 Å². The second-order valence-corrected chi connectivity index (χ2v) is 10.3. The minimum atomic E-state index is -4.24. The molecule has 1 aliphatic heterocycles. The van der Waals surface area contributed by atoms with Crippen LogP contribution in [0.25, 0.3) is 17.0 Å². The number of ether oxygens (including phenoxy) is 2. The summed E-state index contributed by atoms with van der Waals surface area (Å²) in [5, 5.41) is 11.6. The molecule has 1 saturated carbocycles. The van der Waals surface area contributed by atoms with Crippen molar-refractivity contribution in [2.45, 2.75) is 42.8 Å². The average molecular weight is 496 g/mol. The van der Waals surface area contributed by atoms with Gasteiger partial charge < -0.3 is 9.47 Å². The number of nitrogens with zero attached hydrogens (tertiary/aromatic N) is 2. The Morgan fingerprint density at radius 1 is 0.971 bits per heavy atom. The van der Waals surface area contributed by atoms with Gasteiger partial charge in [-0.25, -0.2) is 22.0 Å². The Kier molecular flexibility index (Phi) is 5.43. The Labute approximate surface area is 200 Å². The summed E-state index contributed by atoms with van der Waals surface area (Å²) in [7, 11) is -4.24. The first-order valence-electron chi connectivity index (χ1n) is 11.0. The van der Waals surface area contributed by atoms with Crippen molar-refractivity contribution in [1.82, 2.24) is 3.97 Å². The molecular weight excluding hydrogens is 476 g/mol. The molecule has 35 heavy (non-hydrogen) atoms. The Balaban J connectivity index is 1.58. The third kappa shape index (κ3) is 3.97. The van der Waals surface area contributed by atoms with Crippen LogP contribution in [-0.2, 0) is 29.1 Å². The maximum atomic E-state index is 13.4. The molecule has 180 valence electrons. The number of benzene rings is 2. The lowest BCUT2D eigenvalue weighted by Gasteiger charge is -2.38. The van der Waals surface area contributed by atoms with Crippen LogP contribution in [0.2, 0.25) is 0 Å². The van der Waals surface area contributed by atoms with Crippen molar-refractivity contribution in [1.29, 1.82) is 0 Å². The normalized spacial score (nSPS) is 17.8. The van der Waals surface area contributed by atoms with Gasteiger partial charge in [0.15, 0.2) is 0 Å². The standard InChI is InChI=1S/C24H20N2O8S/c27-22-20(23(28)34-24(33-22)11-4-1-5-12-24)13-16-15-25(21-10-3-2-9-19(16)21)35(31,32)18-8-6-7-17(14-18)26(29)30/h2-3,6-10,13-15H,1,4-5,11-12H2. The van der Waals surface area contributed by atoms with E-state index in [0.717, 1.165) is 29.3 Å². The number of carbonyl (C=O) groups is 2. The molecule has 1 aromatic heterocycles. The number of aromatic nitrogens is 1. The summed E-state index contributed by atoms with van der Waals surface area (Å²) in [5.74, 6) is -2.87. The van der Waals surface area contributed by atoms with E-state index in [1.165, 1.54) is 30.5 Å². The van der Waals surface area contributed by atoms with Gasteiger partial charge >= 0.3 is 11.9 Å². The van der Waals surface area contributed by atoms with Crippen LogP contribution in [0.1, 0.15) is 37.7 Å². The van der Waals surface area contributed by atoms with Gasteiger partial charge in [-0.15, -0.1) is 0 Å². The van der Waals surface area contributed by atoms with Gasteiger partial charge in [0.1, 0.15) is 5.57 Å². The smallest absolute Gasteiger partial charge is 0.348 e. The summed E-state index contributed by atoms with van der Waals surface area (Å²) < 4.78 is 38.8. The lowest BCUT2D eigenvalue weighted by Crippen LogP contribution is -2.47. The zero-order chi connectivity index (χ0) is 24.8. The van der Waals surface area contributed by atoms with Crippen LogP contribution in [-0.4, -0.2) is 35.0 Å². The van der Waals surface area contributed by atoms with Gasteiger partial charge in [0.25, 0.3) is 21.5 Å². The first-order chi connectivity index (χ1) is 16.7. The Morgan fingerprint density at radius 2 is 1.66 bits per heavy atom. The molecule has 5 rings (SSSR count). The highest BCUT2D eigenvalue weighted by atomic mass is 32.2. The van der Waals surface area contributed by atoms with Gasteiger partial charge in [0, 0.05) is 42.1 Å². The second kappa shape index (κ2) is 8.35. The summed E-state index contributed by atoms with van der Waals surface area (Å²) in [4.78, 5) is 35.7. The molecule has 1 aliphatic carbocycles. The van der Waals surface area contributed by atoms with Gasteiger partial charge in [0.05, 0.1) is 15.3 Å². The van der Waals surface area contributed by atoms with Crippen LogP contribution in [0.4, 0.5) is 5.69 Å². The molecule has 0 amide bonds. The van der Waals surface area contributed by atoms with Crippen LogP contribution < -0.4 is 0 Å². The minimum absolute atomic E-state index is 0.271. The Hall–Kier alpha value is -3.99. The molecule has 0 radical (unpaired) electrons. The zero-order valence-corrected chi connectivity index (χ0v) is 19.2. The summed E-state index contributed by atoms with van der Waals surface area (Å²) in [6.45, 7) is 0. The summed E-state index contributed by atoms with van der Waals surface area (Å²) >= 11 is 0. The van der Waals surface area contributed by atoms with Gasteiger partial charge in [-0.05, 0) is 31.1 Å². The van der Waals surface area contributed by atoms with Crippen molar-refractivity contribution in [3.63, 3.8) is 0 Å². The summed E-state index contributed by atoms with van der Waals surface area (Å²) in [6, 6.07) is 11.2. The predicted molar refractivity (Wildman–Crippen MR) is 124 cm³/mol. The number of nitro benzene ring substituents is 1. The quantitative estimate of drug-likeness (QED) is 0.174.